The van der Waals surface area contributed by atoms with Gasteiger partial charge >= 0.3 is 0 Å². The third-order valence-corrected chi connectivity index (χ3v) is 3.73. The molecule has 0 aliphatic heterocycles. The molecule has 0 N–H and O–H groups in total. The highest BCUT2D eigenvalue weighted by atomic mass is 19.1. The zero-order valence-electron chi connectivity index (χ0n) is 11.7. The molecule has 0 saturated heterocycles. The van der Waals surface area contributed by atoms with E-state index >= 15 is 0 Å². The summed E-state index contributed by atoms with van der Waals surface area (Å²) in [6.07, 6.45) is 3.48. The molecule has 0 atom stereocenters. The van der Waals surface area contributed by atoms with Crippen LogP contribution in [0.15, 0.2) is 47.3 Å². The molecule has 1 aromatic carbocycles. The molecule has 0 aliphatic carbocycles. The van der Waals surface area contributed by atoms with Crippen LogP contribution in [-0.2, 0) is 6.54 Å². The Hall–Kier alpha value is -2.76. The van der Waals surface area contributed by atoms with Gasteiger partial charge in [-0.2, -0.15) is 0 Å². The molecule has 0 amide bonds. The molecule has 3 heterocycles. The average molecular weight is 296 g/mol. The quantitative estimate of drug-likeness (QED) is 0.577. The van der Waals surface area contributed by atoms with Crippen LogP contribution in [0.3, 0.4) is 0 Å². The number of halogens is 1. The van der Waals surface area contributed by atoms with Gasteiger partial charge in [0.1, 0.15) is 5.65 Å². The van der Waals surface area contributed by atoms with Crippen LogP contribution in [0.2, 0.25) is 0 Å². The van der Waals surface area contributed by atoms with Crippen molar-refractivity contribution in [1.82, 2.24) is 19.7 Å². The Morgan fingerprint density at radius 3 is 2.91 bits per heavy atom. The molecule has 0 bridgehead atoms. The van der Waals surface area contributed by atoms with Gasteiger partial charge in [-0.15, -0.1) is 10.2 Å². The molecular formula is C16H13FN4O. The first-order valence-electron chi connectivity index (χ1n) is 7.08. The summed E-state index contributed by atoms with van der Waals surface area (Å²) in [5, 5.41) is 9.70. The fourth-order valence-corrected chi connectivity index (χ4v) is 2.78. The van der Waals surface area contributed by atoms with E-state index in [2.05, 4.69) is 19.7 Å². The number of aryl methyl sites for hydroxylation is 1. The van der Waals surface area contributed by atoms with E-state index in [1.807, 2.05) is 30.3 Å². The van der Waals surface area contributed by atoms with Gasteiger partial charge in [0.05, 0.1) is 17.8 Å². The lowest BCUT2D eigenvalue weighted by atomic mass is 10.1. The molecule has 0 fully saturated rings. The number of nitrogens with zero attached hydrogens (tertiary/aromatic N) is 4. The lowest BCUT2D eigenvalue weighted by molar-refractivity contribution is 0.452. The van der Waals surface area contributed by atoms with Gasteiger partial charge in [-0.05, 0) is 18.6 Å². The van der Waals surface area contributed by atoms with Crippen LogP contribution < -0.4 is 0 Å². The zero-order chi connectivity index (χ0) is 14.9. The van der Waals surface area contributed by atoms with Crippen molar-refractivity contribution in [3.8, 4) is 11.5 Å². The molecule has 0 aliphatic rings. The fourth-order valence-electron chi connectivity index (χ4n) is 2.78. The largest absolute Gasteiger partial charge is 0.423 e. The number of alkyl halides is 1. The minimum Gasteiger partial charge on any atom is -0.423 e. The Morgan fingerprint density at radius 1 is 1.18 bits per heavy atom. The van der Waals surface area contributed by atoms with Crippen molar-refractivity contribution in [2.45, 2.75) is 13.0 Å². The van der Waals surface area contributed by atoms with Gasteiger partial charge in [-0.1, -0.05) is 18.2 Å². The topological polar surface area (TPSA) is 56.7 Å². The van der Waals surface area contributed by atoms with Crippen LogP contribution in [0.1, 0.15) is 6.42 Å². The summed E-state index contributed by atoms with van der Waals surface area (Å²) >= 11 is 0. The lowest BCUT2D eigenvalue weighted by Gasteiger charge is -2.04. The van der Waals surface area contributed by atoms with Gasteiger partial charge in [-0.25, -0.2) is 4.98 Å². The third kappa shape index (κ3) is 1.95. The van der Waals surface area contributed by atoms with E-state index in [9.17, 15) is 4.39 Å². The maximum absolute atomic E-state index is 12.6. The summed E-state index contributed by atoms with van der Waals surface area (Å²) in [6, 6.07) is 10.0. The van der Waals surface area contributed by atoms with Crippen molar-refractivity contribution in [3.05, 3.63) is 42.9 Å². The van der Waals surface area contributed by atoms with Crippen LogP contribution in [0.4, 0.5) is 4.39 Å². The zero-order valence-corrected chi connectivity index (χ0v) is 11.7. The SMILES string of the molecule is FCCCn1c2ccccc2c2cc(-c3nnco3)cnc21. The summed E-state index contributed by atoms with van der Waals surface area (Å²) < 4.78 is 19.9. The number of pyridine rings is 1. The smallest absolute Gasteiger partial charge is 0.249 e. The number of hydrogen-bond acceptors (Lipinski definition) is 4. The maximum Gasteiger partial charge on any atom is 0.249 e. The van der Waals surface area contributed by atoms with Crippen LogP contribution >= 0.6 is 0 Å². The summed E-state index contributed by atoms with van der Waals surface area (Å²) in [5.74, 6) is 0.440. The van der Waals surface area contributed by atoms with Crippen LogP contribution in [0, 0.1) is 0 Å². The predicted molar refractivity (Wildman–Crippen MR) is 81.1 cm³/mol. The number of rotatable bonds is 4. The van der Waals surface area contributed by atoms with E-state index in [1.54, 1.807) is 6.20 Å². The lowest BCUT2D eigenvalue weighted by Crippen LogP contribution is -1.99. The summed E-state index contributed by atoms with van der Waals surface area (Å²) in [7, 11) is 0. The van der Waals surface area contributed by atoms with E-state index in [4.69, 9.17) is 4.42 Å². The molecule has 0 unspecified atom stereocenters. The number of benzene rings is 1. The maximum atomic E-state index is 12.6. The first kappa shape index (κ1) is 12.9. The Labute approximate surface area is 125 Å². The van der Waals surface area contributed by atoms with Gasteiger partial charge < -0.3 is 8.98 Å². The van der Waals surface area contributed by atoms with Crippen molar-refractivity contribution in [2.24, 2.45) is 0 Å². The molecular weight excluding hydrogens is 283 g/mol. The van der Waals surface area contributed by atoms with Gasteiger partial charge in [-0.3, -0.25) is 4.39 Å². The highest BCUT2D eigenvalue weighted by Crippen LogP contribution is 2.30. The first-order valence-corrected chi connectivity index (χ1v) is 7.08. The van der Waals surface area contributed by atoms with E-state index in [0.717, 1.165) is 27.5 Å². The Balaban J connectivity index is 1.98. The number of para-hydroxylation sites is 1. The molecule has 4 aromatic rings. The molecule has 6 heteroatoms. The molecule has 110 valence electrons. The number of hydrogen-bond donors (Lipinski definition) is 0. The second kappa shape index (κ2) is 5.22. The molecule has 0 radical (unpaired) electrons. The van der Waals surface area contributed by atoms with Crippen LogP contribution in [0.5, 0.6) is 0 Å². The Kier molecular flexibility index (Phi) is 3.07. The van der Waals surface area contributed by atoms with Crippen molar-refractivity contribution in [3.63, 3.8) is 0 Å². The van der Waals surface area contributed by atoms with Crippen molar-refractivity contribution < 1.29 is 8.81 Å². The van der Waals surface area contributed by atoms with Crippen LogP contribution in [-0.4, -0.2) is 26.4 Å². The summed E-state index contributed by atoms with van der Waals surface area (Å²) in [6.45, 7) is 0.265. The van der Waals surface area contributed by atoms with E-state index in [1.165, 1.54) is 6.39 Å². The van der Waals surface area contributed by atoms with Crippen molar-refractivity contribution in [2.75, 3.05) is 6.67 Å². The molecule has 0 saturated carbocycles. The minimum absolute atomic E-state index is 0.339. The normalized spacial score (nSPS) is 11.5. The molecule has 4 rings (SSSR count). The standard InChI is InChI=1S/C16H13FN4O/c17-6-3-7-21-14-5-2-1-4-12(14)13-8-11(9-18-15(13)21)16-20-19-10-22-16/h1-2,4-5,8-10H,3,6-7H2. The fraction of sp³-hybridized carbons (Fsp3) is 0.188. The minimum atomic E-state index is -0.339. The second-order valence-corrected chi connectivity index (χ2v) is 5.05. The Morgan fingerprint density at radius 2 is 2.09 bits per heavy atom. The van der Waals surface area contributed by atoms with Crippen molar-refractivity contribution in [1.29, 1.82) is 0 Å². The highest BCUT2D eigenvalue weighted by molar-refractivity contribution is 6.07. The van der Waals surface area contributed by atoms with E-state index < -0.39 is 0 Å². The summed E-state index contributed by atoms with van der Waals surface area (Å²) in [5.41, 5.74) is 2.68. The summed E-state index contributed by atoms with van der Waals surface area (Å²) in [4.78, 5) is 4.54. The van der Waals surface area contributed by atoms with Gasteiger partial charge in [0.25, 0.3) is 0 Å². The molecule has 0 spiro atoms. The second-order valence-electron chi connectivity index (χ2n) is 5.05. The number of aromatic nitrogens is 4. The molecule has 22 heavy (non-hydrogen) atoms. The van der Waals surface area contributed by atoms with Gasteiger partial charge in [0, 0.05) is 23.5 Å². The Bertz CT molecular complexity index is 930. The number of fused-ring (bicyclic) bond motifs is 3. The monoisotopic (exact) mass is 296 g/mol. The highest BCUT2D eigenvalue weighted by Gasteiger charge is 2.13. The first-order chi connectivity index (χ1) is 10.9. The molecule has 3 aromatic heterocycles. The van der Waals surface area contributed by atoms with E-state index in [0.29, 0.717) is 18.9 Å². The third-order valence-electron chi connectivity index (χ3n) is 3.73. The molecule has 5 nitrogen and oxygen atoms in total. The van der Waals surface area contributed by atoms with Gasteiger partial charge in [0.15, 0.2) is 0 Å². The predicted octanol–water partition coefficient (Wildman–Crippen LogP) is 3.60. The average Bonchev–Trinajstić information content (AvgIpc) is 3.19. The van der Waals surface area contributed by atoms with Crippen LogP contribution in [0.25, 0.3) is 33.4 Å². The van der Waals surface area contributed by atoms with Gasteiger partial charge in [0.2, 0.25) is 12.3 Å². The van der Waals surface area contributed by atoms with E-state index in [-0.39, 0.29) is 6.67 Å². The van der Waals surface area contributed by atoms with Crippen molar-refractivity contribution >= 4 is 21.9 Å².